The number of hydrogen-bond donors (Lipinski definition) is 0. The van der Waals surface area contributed by atoms with Crippen molar-refractivity contribution in [1.82, 2.24) is 0 Å². The van der Waals surface area contributed by atoms with Gasteiger partial charge in [-0.15, -0.1) is 0 Å². The summed E-state index contributed by atoms with van der Waals surface area (Å²) in [5.74, 6) is 0.995. The van der Waals surface area contributed by atoms with E-state index in [9.17, 15) is 4.79 Å². The standard InChI is InChI=1S/C14H24O/c1-3-4-5-6-8-12(2)11-13-9-7-10-14(13)15/h11-12H,3-10H2,1-2H3/b13-11+. The lowest BCUT2D eigenvalue weighted by atomic mass is 9.99. The molecule has 1 aliphatic carbocycles. The highest BCUT2D eigenvalue weighted by molar-refractivity contribution is 5.97. The molecule has 0 aliphatic heterocycles. The number of unbranched alkanes of at least 4 members (excludes halogenated alkanes) is 3. The van der Waals surface area contributed by atoms with Crippen molar-refractivity contribution in [2.45, 2.75) is 65.2 Å². The Morgan fingerprint density at radius 1 is 1.27 bits per heavy atom. The lowest BCUT2D eigenvalue weighted by molar-refractivity contribution is -0.114. The summed E-state index contributed by atoms with van der Waals surface area (Å²) < 4.78 is 0. The van der Waals surface area contributed by atoms with Gasteiger partial charge >= 0.3 is 0 Å². The van der Waals surface area contributed by atoms with Crippen molar-refractivity contribution < 1.29 is 4.79 Å². The first kappa shape index (κ1) is 12.5. The van der Waals surface area contributed by atoms with Gasteiger partial charge in [0.25, 0.3) is 0 Å². The molecule has 0 N–H and O–H groups in total. The zero-order valence-electron chi connectivity index (χ0n) is 10.2. The van der Waals surface area contributed by atoms with Gasteiger partial charge in [0.2, 0.25) is 0 Å². The van der Waals surface area contributed by atoms with Gasteiger partial charge in [-0.2, -0.15) is 0 Å². The first-order valence-corrected chi connectivity index (χ1v) is 6.48. The Morgan fingerprint density at radius 3 is 2.67 bits per heavy atom. The summed E-state index contributed by atoms with van der Waals surface area (Å²) in [5.41, 5.74) is 1.11. The fourth-order valence-electron chi connectivity index (χ4n) is 2.24. The average Bonchev–Trinajstić information content (AvgIpc) is 2.59. The van der Waals surface area contributed by atoms with Crippen molar-refractivity contribution in [1.29, 1.82) is 0 Å². The fraction of sp³-hybridized carbons (Fsp3) is 0.786. The Bertz CT molecular complexity index is 227. The van der Waals surface area contributed by atoms with E-state index in [2.05, 4.69) is 19.9 Å². The second-order valence-corrected chi connectivity index (χ2v) is 4.80. The summed E-state index contributed by atoms with van der Waals surface area (Å²) >= 11 is 0. The molecule has 0 aromatic rings. The second-order valence-electron chi connectivity index (χ2n) is 4.80. The number of rotatable bonds is 6. The smallest absolute Gasteiger partial charge is 0.158 e. The Hall–Kier alpha value is -0.590. The number of allylic oxidation sites excluding steroid dienone is 2. The highest BCUT2D eigenvalue weighted by atomic mass is 16.1. The minimum absolute atomic E-state index is 0.399. The van der Waals surface area contributed by atoms with Crippen molar-refractivity contribution in [2.24, 2.45) is 5.92 Å². The topological polar surface area (TPSA) is 17.1 Å². The SMILES string of the molecule is CCCCCCC(C)/C=C1\CCCC1=O. The molecule has 1 saturated carbocycles. The molecule has 1 atom stereocenters. The molecule has 1 rings (SSSR count). The zero-order chi connectivity index (χ0) is 11.1. The van der Waals surface area contributed by atoms with Gasteiger partial charge < -0.3 is 0 Å². The summed E-state index contributed by atoms with van der Waals surface area (Å²) in [5, 5.41) is 0. The van der Waals surface area contributed by atoms with Gasteiger partial charge in [-0.25, -0.2) is 0 Å². The molecule has 1 fully saturated rings. The highest BCUT2D eigenvalue weighted by Crippen LogP contribution is 2.23. The molecule has 0 aromatic heterocycles. The first-order chi connectivity index (χ1) is 7.24. The van der Waals surface area contributed by atoms with Gasteiger partial charge in [-0.05, 0) is 30.8 Å². The van der Waals surface area contributed by atoms with Crippen LogP contribution in [0.4, 0.5) is 0 Å². The summed E-state index contributed by atoms with van der Waals surface area (Å²) in [6, 6.07) is 0. The molecular weight excluding hydrogens is 184 g/mol. The van der Waals surface area contributed by atoms with Crippen LogP contribution in [0.25, 0.3) is 0 Å². The Morgan fingerprint density at radius 2 is 2.07 bits per heavy atom. The molecule has 0 heterocycles. The maximum absolute atomic E-state index is 11.4. The number of ketones is 1. The molecule has 1 aliphatic rings. The lowest BCUT2D eigenvalue weighted by Crippen LogP contribution is -1.97. The van der Waals surface area contributed by atoms with Crippen LogP contribution in [0.1, 0.15) is 65.2 Å². The van der Waals surface area contributed by atoms with Gasteiger partial charge in [0.15, 0.2) is 5.78 Å². The molecule has 0 radical (unpaired) electrons. The van der Waals surface area contributed by atoms with Crippen LogP contribution in [0.15, 0.2) is 11.6 Å². The van der Waals surface area contributed by atoms with Gasteiger partial charge in [0.05, 0.1) is 0 Å². The van der Waals surface area contributed by atoms with Crippen LogP contribution in [-0.2, 0) is 4.79 Å². The second kappa shape index (κ2) is 6.81. The van der Waals surface area contributed by atoms with E-state index in [4.69, 9.17) is 0 Å². The predicted octanol–water partition coefficient (Wildman–Crippen LogP) is 4.27. The first-order valence-electron chi connectivity index (χ1n) is 6.48. The van der Waals surface area contributed by atoms with Crippen LogP contribution in [0.5, 0.6) is 0 Å². The molecule has 1 nitrogen and oxygen atoms in total. The number of carbonyl (C=O) groups excluding carboxylic acids is 1. The molecule has 1 unspecified atom stereocenters. The number of carbonyl (C=O) groups is 1. The number of Topliss-reactive ketones (excluding diaryl/α,β-unsaturated/α-hetero) is 1. The minimum Gasteiger partial charge on any atom is -0.295 e. The van der Waals surface area contributed by atoms with E-state index in [1.54, 1.807) is 0 Å². The maximum Gasteiger partial charge on any atom is 0.158 e. The third kappa shape index (κ3) is 4.63. The normalized spacial score (nSPS) is 21.2. The van der Waals surface area contributed by atoms with Crippen LogP contribution in [0.3, 0.4) is 0 Å². The van der Waals surface area contributed by atoms with Gasteiger partial charge in [0, 0.05) is 6.42 Å². The molecule has 0 amide bonds. The molecule has 1 heteroatoms. The van der Waals surface area contributed by atoms with E-state index in [-0.39, 0.29) is 0 Å². The monoisotopic (exact) mass is 208 g/mol. The minimum atomic E-state index is 0.399. The van der Waals surface area contributed by atoms with E-state index >= 15 is 0 Å². The average molecular weight is 208 g/mol. The van der Waals surface area contributed by atoms with Crippen molar-refractivity contribution >= 4 is 5.78 Å². The predicted molar refractivity (Wildman–Crippen MR) is 64.9 cm³/mol. The molecule has 0 spiro atoms. The van der Waals surface area contributed by atoms with E-state index in [0.717, 1.165) is 24.8 Å². The summed E-state index contributed by atoms with van der Waals surface area (Å²) in [6.07, 6.45) is 11.7. The zero-order valence-corrected chi connectivity index (χ0v) is 10.2. The van der Waals surface area contributed by atoms with Gasteiger partial charge in [0.1, 0.15) is 0 Å². The maximum atomic E-state index is 11.4. The molecule has 15 heavy (non-hydrogen) atoms. The largest absolute Gasteiger partial charge is 0.295 e. The van der Waals surface area contributed by atoms with Crippen molar-refractivity contribution in [3.05, 3.63) is 11.6 Å². The lowest BCUT2D eigenvalue weighted by Gasteiger charge is -2.06. The molecule has 0 bridgehead atoms. The quantitative estimate of drug-likeness (QED) is 0.470. The van der Waals surface area contributed by atoms with E-state index in [1.165, 1.54) is 32.1 Å². The number of hydrogen-bond acceptors (Lipinski definition) is 1. The Balaban J connectivity index is 2.22. The van der Waals surface area contributed by atoms with Crippen molar-refractivity contribution in [3.63, 3.8) is 0 Å². The van der Waals surface area contributed by atoms with Crippen LogP contribution >= 0.6 is 0 Å². The van der Waals surface area contributed by atoms with E-state index in [0.29, 0.717) is 11.7 Å². The molecule has 0 aromatic carbocycles. The van der Waals surface area contributed by atoms with E-state index < -0.39 is 0 Å². The van der Waals surface area contributed by atoms with Crippen LogP contribution in [-0.4, -0.2) is 5.78 Å². The third-order valence-corrected chi connectivity index (χ3v) is 3.21. The molecule has 0 saturated heterocycles. The van der Waals surface area contributed by atoms with Crippen molar-refractivity contribution in [2.75, 3.05) is 0 Å². The highest BCUT2D eigenvalue weighted by Gasteiger charge is 2.17. The summed E-state index contributed by atoms with van der Waals surface area (Å²) in [4.78, 5) is 11.4. The van der Waals surface area contributed by atoms with E-state index in [1.807, 2.05) is 0 Å². The van der Waals surface area contributed by atoms with Crippen LogP contribution in [0, 0.1) is 5.92 Å². The summed E-state index contributed by atoms with van der Waals surface area (Å²) in [6.45, 7) is 4.48. The molecule has 86 valence electrons. The van der Waals surface area contributed by atoms with Crippen LogP contribution in [0.2, 0.25) is 0 Å². The molecular formula is C14H24O. The Labute approximate surface area is 93.9 Å². The van der Waals surface area contributed by atoms with Crippen LogP contribution < -0.4 is 0 Å². The Kier molecular flexibility index (Phi) is 5.67. The third-order valence-electron chi connectivity index (χ3n) is 3.21. The fourth-order valence-corrected chi connectivity index (χ4v) is 2.24. The van der Waals surface area contributed by atoms with Gasteiger partial charge in [-0.3, -0.25) is 4.79 Å². The van der Waals surface area contributed by atoms with Gasteiger partial charge in [-0.1, -0.05) is 45.6 Å². The van der Waals surface area contributed by atoms with Crippen molar-refractivity contribution in [3.8, 4) is 0 Å². The summed E-state index contributed by atoms with van der Waals surface area (Å²) in [7, 11) is 0.